The van der Waals surface area contributed by atoms with Crippen molar-refractivity contribution in [2.24, 2.45) is 0 Å². The highest BCUT2D eigenvalue weighted by Crippen LogP contribution is 2.33. The summed E-state index contributed by atoms with van der Waals surface area (Å²) in [6.45, 7) is 1.67. The van der Waals surface area contributed by atoms with Gasteiger partial charge < -0.3 is 25.0 Å². The van der Waals surface area contributed by atoms with E-state index in [1.54, 1.807) is 62.6 Å². The molecular weight excluding hydrogens is 514 g/mol. The van der Waals surface area contributed by atoms with Crippen molar-refractivity contribution in [3.8, 4) is 23.5 Å². The van der Waals surface area contributed by atoms with E-state index in [0.717, 1.165) is 23.1 Å². The number of ether oxygens (including phenoxy) is 1. The van der Waals surface area contributed by atoms with Crippen LogP contribution < -0.4 is 25.2 Å². The van der Waals surface area contributed by atoms with Crippen LogP contribution in [0.15, 0.2) is 64.1 Å². The van der Waals surface area contributed by atoms with E-state index in [9.17, 15) is 20.0 Å². The van der Waals surface area contributed by atoms with Crippen molar-refractivity contribution in [1.82, 2.24) is 5.27 Å². The van der Waals surface area contributed by atoms with Gasteiger partial charge in [-0.2, -0.15) is 5.26 Å². The third kappa shape index (κ3) is 5.91. The monoisotopic (exact) mass is 535 g/mol. The second kappa shape index (κ2) is 11.6. The zero-order valence-electron chi connectivity index (χ0n) is 19.8. The molecule has 0 aliphatic rings. The Morgan fingerprint density at radius 2 is 1.92 bits per heavy atom. The van der Waals surface area contributed by atoms with E-state index in [4.69, 9.17) is 9.26 Å². The summed E-state index contributed by atoms with van der Waals surface area (Å²) in [5.74, 6) is -0.426. The lowest BCUT2D eigenvalue weighted by molar-refractivity contribution is -0.705. The lowest BCUT2D eigenvalue weighted by Crippen LogP contribution is -2.34. The van der Waals surface area contributed by atoms with Gasteiger partial charge in [-0.3, -0.25) is 9.59 Å². The van der Waals surface area contributed by atoms with Crippen LogP contribution in [-0.2, 0) is 4.79 Å². The molecule has 0 atom stereocenters. The molecule has 10 nitrogen and oxygen atoms in total. The average molecular weight is 536 g/mol. The fraction of sp³-hybridized carbons (Fsp3) is 0.160. The van der Waals surface area contributed by atoms with Crippen LogP contribution in [0.4, 0.5) is 10.7 Å². The molecule has 0 aliphatic heterocycles. The standard InChI is InChI=1S/C25H21N5O5S2/c1-15-19(14-26)23(37-21(15)22(32)27-16-6-4-3-5-7-16)28-20(31)12-13-36-24-25(33)35-29-30(24)17-8-10-18(34-2)11-9-17/h3-11H,12-13H2,1-2H3,(H2-,27,28,29,31,32,33). The number of anilines is 2. The van der Waals surface area contributed by atoms with Crippen LogP contribution in [0.5, 0.6) is 11.7 Å². The van der Waals surface area contributed by atoms with E-state index < -0.39 is 5.95 Å². The van der Waals surface area contributed by atoms with Gasteiger partial charge in [0.05, 0.1) is 22.8 Å². The van der Waals surface area contributed by atoms with Crippen LogP contribution in [-0.4, -0.2) is 29.9 Å². The van der Waals surface area contributed by atoms with E-state index in [1.165, 1.54) is 4.68 Å². The molecule has 0 bridgehead atoms. The molecule has 0 radical (unpaired) electrons. The molecule has 37 heavy (non-hydrogen) atoms. The Morgan fingerprint density at radius 3 is 2.59 bits per heavy atom. The van der Waals surface area contributed by atoms with Gasteiger partial charge in [0.2, 0.25) is 11.6 Å². The SMILES string of the molecule is COc1ccc(-[n+]2noc([O-])c2SCCC(=O)Nc2sc(C(=O)Nc3ccccc3)c(C)c2C#N)cc1. The second-order valence-corrected chi connectivity index (χ2v) is 9.72. The van der Waals surface area contributed by atoms with Crippen molar-refractivity contribution >= 4 is 45.6 Å². The third-order valence-corrected chi connectivity index (χ3v) is 7.43. The van der Waals surface area contributed by atoms with E-state index in [2.05, 4.69) is 22.0 Å². The molecule has 0 aliphatic carbocycles. The Balaban J connectivity index is 1.40. The van der Waals surface area contributed by atoms with E-state index >= 15 is 0 Å². The minimum atomic E-state index is -0.615. The molecular formula is C25H21N5O5S2. The molecule has 2 N–H and O–H groups in total. The first-order valence-electron chi connectivity index (χ1n) is 11.0. The van der Waals surface area contributed by atoms with Gasteiger partial charge in [0.1, 0.15) is 16.8 Å². The number of nitrogens with one attached hydrogen (secondary N) is 2. The summed E-state index contributed by atoms with van der Waals surface area (Å²) in [6, 6.07) is 17.9. The van der Waals surface area contributed by atoms with Gasteiger partial charge in [0.25, 0.3) is 10.9 Å². The lowest BCUT2D eigenvalue weighted by Gasteiger charge is -2.03. The highest BCUT2D eigenvalue weighted by Gasteiger charge is 2.23. The summed E-state index contributed by atoms with van der Waals surface area (Å²) in [5, 5.41) is 31.6. The number of rotatable bonds is 9. The summed E-state index contributed by atoms with van der Waals surface area (Å²) >= 11 is 2.16. The molecule has 2 amide bonds. The van der Waals surface area contributed by atoms with Crippen molar-refractivity contribution in [2.75, 3.05) is 23.5 Å². The number of carbonyl (C=O) groups excluding carboxylic acids is 2. The molecule has 0 saturated heterocycles. The minimum absolute atomic E-state index is 0.0469. The predicted molar refractivity (Wildman–Crippen MR) is 136 cm³/mol. The number of thioether (sulfide) groups is 1. The smallest absolute Gasteiger partial charge is 0.297 e. The molecule has 2 heterocycles. The summed E-state index contributed by atoms with van der Waals surface area (Å²) in [6.07, 6.45) is 0.0469. The first-order chi connectivity index (χ1) is 17.9. The van der Waals surface area contributed by atoms with Crippen LogP contribution in [0, 0.1) is 18.3 Å². The number of benzene rings is 2. The zero-order valence-corrected chi connectivity index (χ0v) is 21.4. The third-order valence-electron chi connectivity index (χ3n) is 5.21. The van der Waals surface area contributed by atoms with Crippen molar-refractivity contribution in [3.63, 3.8) is 0 Å². The lowest BCUT2D eigenvalue weighted by atomic mass is 10.1. The highest BCUT2D eigenvalue weighted by molar-refractivity contribution is 7.99. The average Bonchev–Trinajstić information content (AvgIpc) is 3.43. The maximum absolute atomic E-state index is 12.7. The van der Waals surface area contributed by atoms with Gasteiger partial charge in [-0.1, -0.05) is 30.0 Å². The molecule has 4 aromatic rings. The molecule has 0 spiro atoms. The number of carbonyl (C=O) groups is 2. The van der Waals surface area contributed by atoms with Gasteiger partial charge in [-0.25, -0.2) is 0 Å². The van der Waals surface area contributed by atoms with Gasteiger partial charge >= 0.3 is 0 Å². The fourth-order valence-corrected chi connectivity index (χ4v) is 5.31. The Hall–Kier alpha value is -4.34. The van der Waals surface area contributed by atoms with E-state index in [1.807, 2.05) is 6.07 Å². The van der Waals surface area contributed by atoms with Crippen LogP contribution in [0.1, 0.15) is 27.2 Å². The maximum Gasteiger partial charge on any atom is 0.297 e. The fourth-order valence-electron chi connectivity index (χ4n) is 3.34. The summed E-state index contributed by atoms with van der Waals surface area (Å²) in [5.41, 5.74) is 1.96. The Bertz CT molecular complexity index is 1460. The van der Waals surface area contributed by atoms with E-state index in [0.29, 0.717) is 32.6 Å². The minimum Gasteiger partial charge on any atom is -0.538 e. The van der Waals surface area contributed by atoms with Gasteiger partial charge in [0, 0.05) is 30.0 Å². The van der Waals surface area contributed by atoms with Crippen LogP contribution in [0.2, 0.25) is 0 Å². The number of thiophene rings is 1. The van der Waals surface area contributed by atoms with Crippen LogP contribution in [0.3, 0.4) is 0 Å². The van der Waals surface area contributed by atoms with Crippen LogP contribution >= 0.6 is 23.1 Å². The van der Waals surface area contributed by atoms with Crippen molar-refractivity contribution in [2.45, 2.75) is 18.4 Å². The highest BCUT2D eigenvalue weighted by atomic mass is 32.2. The molecule has 0 saturated carbocycles. The Labute approximate surface area is 220 Å². The number of amides is 2. The molecule has 0 fully saturated rings. The largest absolute Gasteiger partial charge is 0.538 e. The number of nitriles is 1. The number of methoxy groups -OCH3 is 1. The van der Waals surface area contributed by atoms with Gasteiger partial charge in [0.15, 0.2) is 5.95 Å². The van der Waals surface area contributed by atoms with Crippen molar-refractivity contribution in [1.29, 1.82) is 5.26 Å². The normalized spacial score (nSPS) is 10.5. The second-order valence-electron chi connectivity index (χ2n) is 7.61. The molecule has 2 aromatic carbocycles. The number of aromatic nitrogens is 2. The predicted octanol–water partition coefficient (Wildman–Crippen LogP) is 3.65. The number of hydrogen-bond donors (Lipinski definition) is 2. The van der Waals surface area contributed by atoms with Crippen LogP contribution in [0.25, 0.3) is 5.69 Å². The Kier molecular flexibility index (Phi) is 8.07. The van der Waals surface area contributed by atoms with Crippen molar-refractivity contribution in [3.05, 3.63) is 70.6 Å². The number of para-hydroxylation sites is 1. The molecule has 12 heteroatoms. The quantitative estimate of drug-likeness (QED) is 0.244. The number of nitrogens with zero attached hydrogens (tertiary/aromatic N) is 3. The molecule has 0 unspecified atom stereocenters. The molecule has 188 valence electrons. The maximum atomic E-state index is 12.7. The first-order valence-corrected chi connectivity index (χ1v) is 12.8. The Morgan fingerprint density at radius 1 is 1.19 bits per heavy atom. The zero-order chi connectivity index (χ0) is 26.4. The topological polar surface area (TPSA) is 144 Å². The first kappa shape index (κ1) is 25.7. The number of hydrogen-bond acceptors (Lipinski definition) is 9. The molecule has 2 aromatic heterocycles. The summed E-state index contributed by atoms with van der Waals surface area (Å²) < 4.78 is 11.3. The van der Waals surface area contributed by atoms with Crippen molar-refractivity contribution < 1.29 is 28.6 Å². The summed E-state index contributed by atoms with van der Waals surface area (Å²) in [4.78, 5) is 25.7. The summed E-state index contributed by atoms with van der Waals surface area (Å²) in [7, 11) is 1.55. The van der Waals surface area contributed by atoms with Gasteiger partial charge in [-0.05, 0) is 41.4 Å². The van der Waals surface area contributed by atoms with E-state index in [-0.39, 0.29) is 34.6 Å². The van der Waals surface area contributed by atoms with Gasteiger partial charge in [-0.15, -0.1) is 11.3 Å². The molecule has 4 rings (SSSR count).